The minimum Gasteiger partial charge on any atom is -0.463 e. The first-order chi connectivity index (χ1) is 8.60. The molecular formula is C13H11FN2O2. The summed E-state index contributed by atoms with van der Waals surface area (Å²) in [6.45, 7) is 1.75. The summed E-state index contributed by atoms with van der Waals surface area (Å²) in [5.74, 6) is -0.920. The fourth-order valence-corrected chi connectivity index (χ4v) is 1.52. The second-order valence-corrected chi connectivity index (χ2v) is 3.72. The zero-order valence-corrected chi connectivity index (χ0v) is 9.98. The van der Waals surface area contributed by atoms with E-state index in [1.54, 1.807) is 25.1 Å². The van der Waals surface area contributed by atoms with Crippen molar-refractivity contribution < 1.29 is 13.9 Å². The van der Waals surface area contributed by atoms with Crippen molar-refractivity contribution in [1.29, 1.82) is 0 Å². The SMILES string of the molecule is COC(=O)c1nc(C)cc(-c2ccc(F)cc2)n1. The Morgan fingerprint density at radius 3 is 2.50 bits per heavy atom. The van der Waals surface area contributed by atoms with Crippen molar-refractivity contribution in [2.24, 2.45) is 0 Å². The molecule has 0 saturated carbocycles. The maximum absolute atomic E-state index is 12.8. The normalized spacial score (nSPS) is 10.2. The van der Waals surface area contributed by atoms with Crippen LogP contribution in [0.1, 0.15) is 16.3 Å². The van der Waals surface area contributed by atoms with E-state index in [1.165, 1.54) is 19.2 Å². The van der Waals surface area contributed by atoms with E-state index in [0.717, 1.165) is 0 Å². The summed E-state index contributed by atoms with van der Waals surface area (Å²) in [5, 5.41) is 0. The number of carbonyl (C=O) groups is 1. The highest BCUT2D eigenvalue weighted by molar-refractivity contribution is 5.85. The molecule has 0 aliphatic heterocycles. The van der Waals surface area contributed by atoms with E-state index < -0.39 is 5.97 Å². The molecule has 0 atom stereocenters. The predicted octanol–water partition coefficient (Wildman–Crippen LogP) is 2.38. The average Bonchev–Trinajstić information content (AvgIpc) is 2.38. The lowest BCUT2D eigenvalue weighted by Crippen LogP contribution is -2.09. The largest absolute Gasteiger partial charge is 0.463 e. The number of rotatable bonds is 2. The Morgan fingerprint density at radius 1 is 1.22 bits per heavy atom. The zero-order valence-electron chi connectivity index (χ0n) is 9.98. The lowest BCUT2D eigenvalue weighted by atomic mass is 10.1. The second kappa shape index (κ2) is 4.91. The molecule has 1 aromatic carbocycles. The fraction of sp³-hybridized carbons (Fsp3) is 0.154. The van der Waals surface area contributed by atoms with Crippen LogP contribution < -0.4 is 0 Å². The minimum absolute atomic E-state index is 0.00294. The average molecular weight is 246 g/mol. The summed E-state index contributed by atoms with van der Waals surface area (Å²) in [5.41, 5.74) is 1.92. The number of benzene rings is 1. The Morgan fingerprint density at radius 2 is 1.89 bits per heavy atom. The van der Waals surface area contributed by atoms with Gasteiger partial charge in [0.1, 0.15) is 5.82 Å². The summed E-state index contributed by atoms with van der Waals surface area (Å²) < 4.78 is 17.4. The van der Waals surface area contributed by atoms with Crippen molar-refractivity contribution in [1.82, 2.24) is 9.97 Å². The third kappa shape index (κ3) is 2.51. The van der Waals surface area contributed by atoms with Crippen molar-refractivity contribution in [3.63, 3.8) is 0 Å². The molecule has 0 N–H and O–H groups in total. The standard InChI is InChI=1S/C13H11FN2O2/c1-8-7-11(9-3-5-10(14)6-4-9)16-12(15-8)13(17)18-2/h3-7H,1-2H3. The molecule has 0 saturated heterocycles. The number of carbonyl (C=O) groups excluding carboxylic acids is 1. The van der Waals surface area contributed by atoms with Crippen LogP contribution in [0.25, 0.3) is 11.3 Å². The molecule has 0 radical (unpaired) electrons. The van der Waals surface area contributed by atoms with Crippen LogP contribution in [0.4, 0.5) is 4.39 Å². The number of aromatic nitrogens is 2. The van der Waals surface area contributed by atoms with Crippen molar-refractivity contribution in [2.45, 2.75) is 6.92 Å². The van der Waals surface area contributed by atoms with Crippen molar-refractivity contribution in [2.75, 3.05) is 7.11 Å². The minimum atomic E-state index is -0.595. The Kier molecular flexibility index (Phi) is 3.32. The van der Waals surface area contributed by atoms with Gasteiger partial charge < -0.3 is 4.74 Å². The van der Waals surface area contributed by atoms with E-state index in [1.807, 2.05) is 0 Å². The summed E-state index contributed by atoms with van der Waals surface area (Å²) >= 11 is 0. The van der Waals surface area contributed by atoms with Gasteiger partial charge >= 0.3 is 5.97 Å². The molecular weight excluding hydrogens is 235 g/mol. The van der Waals surface area contributed by atoms with Crippen molar-refractivity contribution >= 4 is 5.97 Å². The van der Waals surface area contributed by atoms with E-state index in [-0.39, 0.29) is 11.6 Å². The lowest BCUT2D eigenvalue weighted by molar-refractivity contribution is 0.0586. The summed E-state index contributed by atoms with van der Waals surface area (Å²) in [4.78, 5) is 19.5. The molecule has 0 aliphatic carbocycles. The number of nitrogens with zero attached hydrogens (tertiary/aromatic N) is 2. The van der Waals surface area contributed by atoms with Gasteiger partial charge in [-0.2, -0.15) is 0 Å². The number of methoxy groups -OCH3 is 1. The van der Waals surface area contributed by atoms with Gasteiger partial charge in [-0.1, -0.05) is 0 Å². The van der Waals surface area contributed by atoms with Gasteiger partial charge in [0.25, 0.3) is 0 Å². The first-order valence-electron chi connectivity index (χ1n) is 5.30. The van der Waals surface area contributed by atoms with Crippen LogP contribution in [0, 0.1) is 12.7 Å². The molecule has 2 aromatic rings. The van der Waals surface area contributed by atoms with E-state index in [0.29, 0.717) is 17.0 Å². The van der Waals surface area contributed by atoms with E-state index in [4.69, 9.17) is 0 Å². The monoisotopic (exact) mass is 246 g/mol. The number of halogens is 1. The van der Waals surface area contributed by atoms with Gasteiger partial charge in [0.05, 0.1) is 12.8 Å². The maximum atomic E-state index is 12.8. The summed E-state index contributed by atoms with van der Waals surface area (Å²) in [7, 11) is 1.27. The highest BCUT2D eigenvalue weighted by Crippen LogP contribution is 2.18. The van der Waals surface area contributed by atoms with Crippen LogP contribution in [0.2, 0.25) is 0 Å². The molecule has 1 aromatic heterocycles. The first kappa shape index (κ1) is 12.2. The highest BCUT2D eigenvalue weighted by atomic mass is 19.1. The molecule has 18 heavy (non-hydrogen) atoms. The van der Waals surface area contributed by atoms with Gasteiger partial charge in [-0.15, -0.1) is 0 Å². The van der Waals surface area contributed by atoms with Gasteiger partial charge in [-0.05, 0) is 37.3 Å². The molecule has 0 spiro atoms. The molecule has 0 unspecified atom stereocenters. The third-order valence-electron chi connectivity index (χ3n) is 2.36. The zero-order chi connectivity index (χ0) is 13.1. The van der Waals surface area contributed by atoms with Crippen LogP contribution in [-0.2, 0) is 4.74 Å². The number of hydrogen-bond donors (Lipinski definition) is 0. The summed E-state index contributed by atoms with van der Waals surface area (Å²) in [6, 6.07) is 7.59. The van der Waals surface area contributed by atoms with Gasteiger partial charge in [-0.25, -0.2) is 19.2 Å². The molecule has 4 nitrogen and oxygen atoms in total. The molecule has 5 heteroatoms. The maximum Gasteiger partial charge on any atom is 0.376 e. The number of hydrogen-bond acceptors (Lipinski definition) is 4. The lowest BCUT2D eigenvalue weighted by Gasteiger charge is -2.04. The van der Waals surface area contributed by atoms with Crippen LogP contribution >= 0.6 is 0 Å². The molecule has 0 amide bonds. The van der Waals surface area contributed by atoms with Crippen molar-refractivity contribution in [3.8, 4) is 11.3 Å². The van der Waals surface area contributed by atoms with Gasteiger partial charge in [0.15, 0.2) is 0 Å². The van der Waals surface area contributed by atoms with Gasteiger partial charge in [0, 0.05) is 11.3 Å². The molecule has 1 heterocycles. The second-order valence-electron chi connectivity index (χ2n) is 3.72. The van der Waals surface area contributed by atoms with Crippen LogP contribution in [0.5, 0.6) is 0 Å². The van der Waals surface area contributed by atoms with Crippen LogP contribution in [0.3, 0.4) is 0 Å². The molecule has 92 valence electrons. The molecule has 2 rings (SSSR count). The van der Waals surface area contributed by atoms with E-state index >= 15 is 0 Å². The van der Waals surface area contributed by atoms with E-state index in [9.17, 15) is 9.18 Å². The Balaban J connectivity index is 2.48. The topological polar surface area (TPSA) is 52.1 Å². The molecule has 0 fully saturated rings. The highest BCUT2D eigenvalue weighted by Gasteiger charge is 2.12. The molecule has 0 bridgehead atoms. The van der Waals surface area contributed by atoms with Crippen LogP contribution in [-0.4, -0.2) is 23.0 Å². The van der Waals surface area contributed by atoms with Crippen LogP contribution in [0.15, 0.2) is 30.3 Å². The number of aryl methyl sites for hydroxylation is 1. The fourth-order valence-electron chi connectivity index (χ4n) is 1.52. The third-order valence-corrected chi connectivity index (χ3v) is 2.36. The van der Waals surface area contributed by atoms with Crippen molar-refractivity contribution in [3.05, 3.63) is 47.7 Å². The van der Waals surface area contributed by atoms with Gasteiger partial charge in [0.2, 0.25) is 5.82 Å². The van der Waals surface area contributed by atoms with E-state index in [2.05, 4.69) is 14.7 Å². The first-order valence-corrected chi connectivity index (χ1v) is 5.30. The summed E-state index contributed by atoms with van der Waals surface area (Å²) in [6.07, 6.45) is 0. The Labute approximate surface area is 103 Å². The Bertz CT molecular complexity index is 582. The smallest absolute Gasteiger partial charge is 0.376 e. The molecule has 0 aliphatic rings. The quantitative estimate of drug-likeness (QED) is 0.763. The number of esters is 1. The van der Waals surface area contributed by atoms with Gasteiger partial charge in [-0.3, -0.25) is 0 Å². The predicted molar refractivity (Wildman–Crippen MR) is 63.5 cm³/mol. The number of ether oxygens (including phenoxy) is 1. The Hall–Kier alpha value is -2.30.